The highest BCUT2D eigenvalue weighted by Crippen LogP contribution is 2.23. The maximum Gasteiger partial charge on any atom is 0.119 e. The lowest BCUT2D eigenvalue weighted by molar-refractivity contribution is 0.304. The van der Waals surface area contributed by atoms with Gasteiger partial charge in [-0.15, -0.1) is 0 Å². The van der Waals surface area contributed by atoms with E-state index < -0.39 is 0 Å². The second kappa shape index (κ2) is 13.6. The molecule has 1 heterocycles. The van der Waals surface area contributed by atoms with Crippen molar-refractivity contribution in [1.29, 1.82) is 0 Å². The number of hydrogen-bond acceptors (Lipinski definition) is 2. The number of nitrogens with zero attached hydrogens (tertiary/aromatic N) is 1. The van der Waals surface area contributed by atoms with E-state index in [1.54, 1.807) is 0 Å². The lowest BCUT2D eigenvalue weighted by Gasteiger charge is -2.08. The van der Waals surface area contributed by atoms with E-state index in [4.69, 9.17) is 4.74 Å². The molecule has 0 spiro atoms. The number of ether oxygens (including phenoxy) is 1. The van der Waals surface area contributed by atoms with Crippen molar-refractivity contribution >= 4 is 22.9 Å². The Morgan fingerprint density at radius 2 is 1.26 bits per heavy atom. The maximum absolute atomic E-state index is 6.00. The van der Waals surface area contributed by atoms with Gasteiger partial charge in [0.2, 0.25) is 0 Å². The molecule has 0 unspecified atom stereocenters. The fourth-order valence-electron chi connectivity index (χ4n) is 3.88. The summed E-state index contributed by atoms with van der Waals surface area (Å²) in [5.41, 5.74) is 2.36. The van der Waals surface area contributed by atoms with Crippen LogP contribution in [-0.4, -0.2) is 11.6 Å². The van der Waals surface area contributed by atoms with Crippen molar-refractivity contribution in [2.45, 2.75) is 71.1 Å². The number of fused-ring (bicyclic) bond motifs is 1. The zero-order valence-electron chi connectivity index (χ0n) is 19.1. The van der Waals surface area contributed by atoms with Crippen molar-refractivity contribution in [2.75, 3.05) is 6.61 Å². The van der Waals surface area contributed by atoms with Crippen LogP contribution in [0.3, 0.4) is 0 Å². The fourth-order valence-corrected chi connectivity index (χ4v) is 3.88. The van der Waals surface area contributed by atoms with Gasteiger partial charge in [0.05, 0.1) is 6.61 Å². The molecule has 3 aromatic rings. The molecule has 31 heavy (non-hydrogen) atoms. The molecule has 0 aliphatic carbocycles. The largest absolute Gasteiger partial charge is 0.494 e. The molecule has 2 heteroatoms. The monoisotopic (exact) mass is 415 g/mol. The summed E-state index contributed by atoms with van der Waals surface area (Å²) in [6, 6.07) is 17.0. The maximum atomic E-state index is 6.00. The molecule has 0 aliphatic rings. The van der Waals surface area contributed by atoms with Gasteiger partial charge in [-0.3, -0.25) is 4.98 Å². The third kappa shape index (κ3) is 8.57. The van der Waals surface area contributed by atoms with Crippen LogP contribution < -0.4 is 4.74 Å². The van der Waals surface area contributed by atoms with Crippen molar-refractivity contribution in [3.8, 4) is 5.75 Å². The third-order valence-electron chi connectivity index (χ3n) is 5.78. The molecule has 0 atom stereocenters. The first-order valence-electron chi connectivity index (χ1n) is 12.1. The Labute approximate surface area is 188 Å². The zero-order chi connectivity index (χ0) is 21.6. The first kappa shape index (κ1) is 23.1. The Bertz CT molecular complexity index is 916. The van der Waals surface area contributed by atoms with E-state index in [2.05, 4.69) is 60.5 Å². The number of benzene rings is 2. The Balaban J connectivity index is 1.37. The molecule has 0 saturated heterocycles. The van der Waals surface area contributed by atoms with Gasteiger partial charge in [-0.05, 0) is 58.7 Å². The Morgan fingerprint density at radius 1 is 0.645 bits per heavy atom. The Hall–Kier alpha value is -2.61. The molecule has 0 saturated carbocycles. The second-order valence-electron chi connectivity index (χ2n) is 8.41. The molecule has 2 aromatic carbocycles. The molecule has 0 bridgehead atoms. The van der Waals surface area contributed by atoms with Crippen molar-refractivity contribution in [3.63, 3.8) is 0 Å². The van der Waals surface area contributed by atoms with Gasteiger partial charge < -0.3 is 4.74 Å². The van der Waals surface area contributed by atoms with Gasteiger partial charge in [-0.25, -0.2) is 0 Å². The van der Waals surface area contributed by atoms with E-state index >= 15 is 0 Å². The minimum Gasteiger partial charge on any atom is -0.494 e. The highest BCUT2D eigenvalue weighted by atomic mass is 16.5. The van der Waals surface area contributed by atoms with E-state index in [0.29, 0.717) is 0 Å². The van der Waals surface area contributed by atoms with Crippen molar-refractivity contribution in [3.05, 3.63) is 72.1 Å². The number of unbranched alkanes of at least 4 members (excludes halogenated alkanes) is 9. The fraction of sp³-hybridized carbons (Fsp3) is 0.414. The number of hydrogen-bond donors (Lipinski definition) is 0. The normalized spacial score (nSPS) is 11.4. The molecule has 0 aliphatic heterocycles. The summed E-state index contributed by atoms with van der Waals surface area (Å²) in [6.45, 7) is 3.09. The van der Waals surface area contributed by atoms with Gasteiger partial charge in [0.1, 0.15) is 5.75 Å². The van der Waals surface area contributed by atoms with Gasteiger partial charge >= 0.3 is 0 Å². The van der Waals surface area contributed by atoms with E-state index in [0.717, 1.165) is 24.3 Å². The quantitative estimate of drug-likeness (QED) is 0.246. The summed E-state index contributed by atoms with van der Waals surface area (Å²) in [4.78, 5) is 4.06. The summed E-state index contributed by atoms with van der Waals surface area (Å²) in [7, 11) is 0. The average Bonchev–Trinajstić information content (AvgIpc) is 2.81. The SMILES string of the molecule is CCCCCCCCCCCCOc1ccc2cc(/C=C/c3ccncc3)ccc2c1. The van der Waals surface area contributed by atoms with Crippen molar-refractivity contribution in [1.82, 2.24) is 4.98 Å². The van der Waals surface area contributed by atoms with Gasteiger partial charge in [-0.1, -0.05) is 95.1 Å². The third-order valence-corrected chi connectivity index (χ3v) is 5.78. The molecular weight excluding hydrogens is 378 g/mol. The zero-order valence-corrected chi connectivity index (χ0v) is 19.1. The minimum absolute atomic E-state index is 0.814. The van der Waals surface area contributed by atoms with Crippen LogP contribution in [-0.2, 0) is 0 Å². The summed E-state index contributed by atoms with van der Waals surface area (Å²) in [5, 5.41) is 2.46. The van der Waals surface area contributed by atoms with E-state index in [1.165, 1.54) is 74.1 Å². The molecule has 0 fully saturated rings. The van der Waals surface area contributed by atoms with Crippen LogP contribution in [0.5, 0.6) is 5.75 Å². The molecule has 3 rings (SSSR count). The summed E-state index contributed by atoms with van der Waals surface area (Å²) in [6.07, 6.45) is 21.4. The topological polar surface area (TPSA) is 22.1 Å². The highest BCUT2D eigenvalue weighted by molar-refractivity contribution is 5.87. The van der Waals surface area contributed by atoms with Crippen LogP contribution in [0.15, 0.2) is 60.9 Å². The highest BCUT2D eigenvalue weighted by Gasteiger charge is 2.00. The minimum atomic E-state index is 0.814. The van der Waals surface area contributed by atoms with E-state index in [-0.39, 0.29) is 0 Å². The van der Waals surface area contributed by atoms with E-state index in [1.807, 2.05) is 24.5 Å². The van der Waals surface area contributed by atoms with E-state index in [9.17, 15) is 0 Å². The van der Waals surface area contributed by atoms with Crippen LogP contribution in [0, 0.1) is 0 Å². The molecular formula is C29H37NO. The summed E-state index contributed by atoms with van der Waals surface area (Å²) < 4.78 is 6.00. The van der Waals surface area contributed by atoms with Crippen LogP contribution >= 0.6 is 0 Å². The molecule has 0 radical (unpaired) electrons. The van der Waals surface area contributed by atoms with Crippen LogP contribution in [0.4, 0.5) is 0 Å². The first-order chi connectivity index (χ1) is 15.3. The summed E-state index contributed by atoms with van der Waals surface area (Å²) in [5.74, 6) is 0.975. The number of rotatable bonds is 14. The average molecular weight is 416 g/mol. The van der Waals surface area contributed by atoms with Gasteiger partial charge in [0, 0.05) is 12.4 Å². The predicted molar refractivity (Wildman–Crippen MR) is 134 cm³/mol. The smallest absolute Gasteiger partial charge is 0.119 e. The standard InChI is InChI=1S/C29H37NO/c1-2-3-4-5-6-7-8-9-10-11-22-31-29-17-16-27-23-26(14-15-28(27)24-29)13-12-25-18-20-30-21-19-25/h12-21,23-24H,2-11,22H2,1H3/b13-12+. The lowest BCUT2D eigenvalue weighted by atomic mass is 10.1. The lowest BCUT2D eigenvalue weighted by Crippen LogP contribution is -1.97. The van der Waals surface area contributed by atoms with Crippen molar-refractivity contribution in [2.24, 2.45) is 0 Å². The second-order valence-corrected chi connectivity index (χ2v) is 8.41. The van der Waals surface area contributed by atoms with Crippen LogP contribution in [0.1, 0.15) is 82.3 Å². The van der Waals surface area contributed by atoms with Crippen LogP contribution in [0.25, 0.3) is 22.9 Å². The molecule has 0 amide bonds. The first-order valence-corrected chi connectivity index (χ1v) is 12.1. The van der Waals surface area contributed by atoms with Crippen LogP contribution in [0.2, 0.25) is 0 Å². The Kier molecular flexibility index (Phi) is 10.2. The summed E-state index contributed by atoms with van der Waals surface area (Å²) >= 11 is 0. The van der Waals surface area contributed by atoms with Crippen molar-refractivity contribution < 1.29 is 4.74 Å². The molecule has 0 N–H and O–H groups in total. The van der Waals surface area contributed by atoms with Gasteiger partial charge in [0.15, 0.2) is 0 Å². The Morgan fingerprint density at radius 3 is 2.00 bits per heavy atom. The number of pyridine rings is 1. The van der Waals surface area contributed by atoms with Gasteiger partial charge in [0.25, 0.3) is 0 Å². The molecule has 1 aromatic heterocycles. The molecule has 164 valence electrons. The molecule has 2 nitrogen and oxygen atoms in total. The number of aromatic nitrogens is 1. The van der Waals surface area contributed by atoms with Gasteiger partial charge in [-0.2, -0.15) is 0 Å². The predicted octanol–water partition coefficient (Wildman–Crippen LogP) is 8.70.